The van der Waals surface area contributed by atoms with Gasteiger partial charge in [-0.1, -0.05) is 43.2 Å². The zero-order valence-electron chi connectivity index (χ0n) is 18.0. The molecule has 2 aromatic rings. The number of amides is 2. The molecule has 162 valence electrons. The summed E-state index contributed by atoms with van der Waals surface area (Å²) in [5, 5.41) is 0. The van der Waals surface area contributed by atoms with Gasteiger partial charge in [0.15, 0.2) is 0 Å². The number of thiophene rings is 1. The Hall–Kier alpha value is -2.18. The Morgan fingerprint density at radius 2 is 1.77 bits per heavy atom. The summed E-state index contributed by atoms with van der Waals surface area (Å²) >= 11 is 1.71. The van der Waals surface area contributed by atoms with Crippen LogP contribution in [0.15, 0.2) is 42.5 Å². The number of carbonyl (C=O) groups is 2. The maximum absolute atomic E-state index is 13.3. The molecule has 0 unspecified atom stereocenters. The minimum Gasteiger partial charge on any atom is -0.383 e. The van der Waals surface area contributed by atoms with Crippen LogP contribution in [0.3, 0.4) is 0 Å². The lowest BCUT2D eigenvalue weighted by atomic mass is 10.1. The Kier molecular flexibility index (Phi) is 8.46. The standard InChI is InChI=1S/C24H32N2O3S/c1-19-12-13-22(30-19)17-26(16-20-8-4-3-5-9-20)23(27)18-25(14-15-29-2)24(28)21-10-6-7-11-21/h3-5,8-9,12-13,21H,6-7,10-11,14-18H2,1-2H3. The molecule has 0 saturated heterocycles. The molecule has 2 amide bonds. The van der Waals surface area contributed by atoms with Crippen molar-refractivity contribution < 1.29 is 14.3 Å². The highest BCUT2D eigenvalue weighted by Gasteiger charge is 2.29. The van der Waals surface area contributed by atoms with E-state index in [4.69, 9.17) is 4.74 Å². The molecular formula is C24H32N2O3S. The van der Waals surface area contributed by atoms with Crippen LogP contribution in [0.5, 0.6) is 0 Å². The summed E-state index contributed by atoms with van der Waals surface area (Å²) in [4.78, 5) is 32.3. The van der Waals surface area contributed by atoms with Gasteiger partial charge in [0.2, 0.25) is 11.8 Å². The third-order valence-electron chi connectivity index (χ3n) is 5.62. The van der Waals surface area contributed by atoms with E-state index in [1.807, 2.05) is 35.2 Å². The zero-order valence-corrected chi connectivity index (χ0v) is 18.8. The maximum atomic E-state index is 13.3. The fraction of sp³-hybridized carbons (Fsp3) is 0.500. The van der Waals surface area contributed by atoms with Crippen LogP contribution in [0.2, 0.25) is 0 Å². The molecule has 0 radical (unpaired) electrons. The van der Waals surface area contributed by atoms with E-state index in [0.29, 0.717) is 26.2 Å². The van der Waals surface area contributed by atoms with Gasteiger partial charge in [-0.2, -0.15) is 0 Å². The average molecular weight is 429 g/mol. The Morgan fingerprint density at radius 1 is 1.03 bits per heavy atom. The summed E-state index contributed by atoms with van der Waals surface area (Å²) in [5.74, 6) is 0.133. The van der Waals surface area contributed by atoms with Crippen molar-refractivity contribution in [1.82, 2.24) is 9.80 Å². The molecular weight excluding hydrogens is 396 g/mol. The van der Waals surface area contributed by atoms with E-state index >= 15 is 0 Å². The highest BCUT2D eigenvalue weighted by atomic mass is 32.1. The van der Waals surface area contributed by atoms with Crippen molar-refractivity contribution in [2.45, 2.75) is 45.7 Å². The van der Waals surface area contributed by atoms with Gasteiger partial charge >= 0.3 is 0 Å². The molecule has 1 aliphatic rings. The first-order chi connectivity index (χ1) is 14.6. The van der Waals surface area contributed by atoms with Crippen LogP contribution in [0.25, 0.3) is 0 Å². The van der Waals surface area contributed by atoms with Crippen LogP contribution in [-0.2, 0) is 27.4 Å². The summed E-state index contributed by atoms with van der Waals surface area (Å²) in [6.45, 7) is 4.16. The number of aryl methyl sites for hydroxylation is 1. The van der Waals surface area contributed by atoms with Crippen molar-refractivity contribution in [2.75, 3.05) is 26.8 Å². The fourth-order valence-corrected chi connectivity index (χ4v) is 4.86. The molecule has 3 rings (SSSR count). The Labute approximate surface area is 183 Å². The van der Waals surface area contributed by atoms with Crippen molar-refractivity contribution in [3.05, 3.63) is 57.8 Å². The van der Waals surface area contributed by atoms with Crippen molar-refractivity contribution in [3.63, 3.8) is 0 Å². The predicted molar refractivity (Wildman–Crippen MR) is 120 cm³/mol. The second-order valence-corrected chi connectivity index (χ2v) is 9.35. The molecule has 6 heteroatoms. The third-order valence-corrected chi connectivity index (χ3v) is 6.60. The second-order valence-electron chi connectivity index (χ2n) is 7.98. The molecule has 0 atom stereocenters. The van der Waals surface area contributed by atoms with E-state index in [0.717, 1.165) is 36.1 Å². The molecule has 1 fully saturated rings. The number of benzene rings is 1. The fourth-order valence-electron chi connectivity index (χ4n) is 3.96. The highest BCUT2D eigenvalue weighted by Crippen LogP contribution is 2.27. The van der Waals surface area contributed by atoms with Gasteiger partial charge in [-0.25, -0.2) is 0 Å². The summed E-state index contributed by atoms with van der Waals surface area (Å²) < 4.78 is 5.20. The van der Waals surface area contributed by atoms with E-state index in [9.17, 15) is 9.59 Å². The first-order valence-electron chi connectivity index (χ1n) is 10.7. The first kappa shape index (κ1) is 22.5. The predicted octanol–water partition coefficient (Wildman–Crippen LogP) is 4.25. The van der Waals surface area contributed by atoms with Gasteiger partial charge in [-0.15, -0.1) is 11.3 Å². The summed E-state index contributed by atoms with van der Waals surface area (Å²) in [6, 6.07) is 14.2. The Balaban J connectivity index is 1.73. The van der Waals surface area contributed by atoms with Crippen molar-refractivity contribution >= 4 is 23.2 Å². The molecule has 1 heterocycles. The smallest absolute Gasteiger partial charge is 0.242 e. The van der Waals surface area contributed by atoms with Gasteiger partial charge in [0.1, 0.15) is 0 Å². The summed E-state index contributed by atoms with van der Waals surface area (Å²) in [5.41, 5.74) is 1.09. The van der Waals surface area contributed by atoms with E-state index < -0.39 is 0 Å². The minimum absolute atomic E-state index is 0.0210. The Morgan fingerprint density at radius 3 is 2.40 bits per heavy atom. The molecule has 30 heavy (non-hydrogen) atoms. The second kappa shape index (κ2) is 11.3. The van der Waals surface area contributed by atoms with E-state index in [2.05, 4.69) is 19.1 Å². The molecule has 1 aliphatic carbocycles. The van der Waals surface area contributed by atoms with Crippen molar-refractivity contribution in [1.29, 1.82) is 0 Å². The summed E-state index contributed by atoms with van der Waals surface area (Å²) in [6.07, 6.45) is 4.05. The number of carbonyl (C=O) groups excluding carboxylic acids is 2. The van der Waals surface area contributed by atoms with Crippen LogP contribution < -0.4 is 0 Å². The van der Waals surface area contributed by atoms with Gasteiger partial charge in [0.25, 0.3) is 0 Å². The zero-order chi connectivity index (χ0) is 21.3. The van der Waals surface area contributed by atoms with Crippen LogP contribution in [0, 0.1) is 12.8 Å². The van der Waals surface area contributed by atoms with Crippen molar-refractivity contribution in [3.8, 4) is 0 Å². The van der Waals surface area contributed by atoms with Gasteiger partial charge in [0, 0.05) is 35.9 Å². The maximum Gasteiger partial charge on any atom is 0.242 e. The van der Waals surface area contributed by atoms with Crippen LogP contribution in [-0.4, -0.2) is 48.4 Å². The molecule has 5 nitrogen and oxygen atoms in total. The lowest BCUT2D eigenvalue weighted by Gasteiger charge is -2.29. The van der Waals surface area contributed by atoms with E-state index in [1.54, 1.807) is 23.3 Å². The number of hydrogen-bond donors (Lipinski definition) is 0. The lowest BCUT2D eigenvalue weighted by molar-refractivity contribution is -0.144. The summed E-state index contributed by atoms with van der Waals surface area (Å²) in [7, 11) is 1.63. The minimum atomic E-state index is -0.0210. The number of rotatable bonds is 10. The molecule has 0 aliphatic heterocycles. The molecule has 1 saturated carbocycles. The quantitative estimate of drug-likeness (QED) is 0.568. The van der Waals surface area contributed by atoms with Crippen LogP contribution in [0.1, 0.15) is 41.0 Å². The van der Waals surface area contributed by atoms with Gasteiger partial charge in [0.05, 0.1) is 19.7 Å². The normalized spacial score (nSPS) is 14.1. The van der Waals surface area contributed by atoms with Gasteiger partial charge in [-0.05, 0) is 37.5 Å². The Bertz CT molecular complexity index is 815. The lowest BCUT2D eigenvalue weighted by Crippen LogP contribution is -2.45. The average Bonchev–Trinajstić information content (AvgIpc) is 3.43. The largest absolute Gasteiger partial charge is 0.383 e. The molecule has 0 spiro atoms. The first-order valence-corrected chi connectivity index (χ1v) is 11.5. The van der Waals surface area contributed by atoms with Crippen LogP contribution in [0.4, 0.5) is 0 Å². The third kappa shape index (κ3) is 6.41. The molecule has 1 aromatic heterocycles. The molecule has 1 aromatic carbocycles. The highest BCUT2D eigenvalue weighted by molar-refractivity contribution is 7.11. The molecule has 0 bridgehead atoms. The van der Waals surface area contributed by atoms with Gasteiger partial charge < -0.3 is 14.5 Å². The monoisotopic (exact) mass is 428 g/mol. The number of methoxy groups -OCH3 is 1. The number of nitrogens with zero attached hydrogens (tertiary/aromatic N) is 2. The number of hydrogen-bond acceptors (Lipinski definition) is 4. The topological polar surface area (TPSA) is 49.9 Å². The van der Waals surface area contributed by atoms with Crippen molar-refractivity contribution in [2.24, 2.45) is 5.92 Å². The SMILES string of the molecule is COCCN(CC(=O)N(Cc1ccccc1)Cc1ccc(C)s1)C(=O)C1CCCC1. The molecule has 0 N–H and O–H groups in total. The van der Waals surface area contributed by atoms with Gasteiger partial charge in [-0.3, -0.25) is 9.59 Å². The van der Waals surface area contributed by atoms with E-state index in [-0.39, 0.29) is 24.3 Å². The van der Waals surface area contributed by atoms with E-state index in [1.165, 1.54) is 4.88 Å². The van der Waals surface area contributed by atoms with Crippen LogP contribution >= 0.6 is 11.3 Å². The number of ether oxygens (including phenoxy) is 1.